The number of hydrogen-bond acceptors (Lipinski definition) is 3. The van der Waals surface area contributed by atoms with E-state index in [1.807, 2.05) is 36.0 Å². The van der Waals surface area contributed by atoms with Crippen LogP contribution < -0.4 is 28.0 Å². The van der Waals surface area contributed by atoms with Crippen molar-refractivity contribution in [2.45, 2.75) is 6.54 Å². The van der Waals surface area contributed by atoms with Gasteiger partial charge in [0.05, 0.1) is 12.7 Å². The number of aryl methyl sites for hydroxylation is 1. The number of nitrogen functional groups attached to an aromatic ring is 1. The fraction of sp³-hybridized carbons (Fsp3) is 0.125. The molecule has 2 aromatic carbocycles. The van der Waals surface area contributed by atoms with Gasteiger partial charge in [-0.2, -0.15) is 0 Å². The van der Waals surface area contributed by atoms with Gasteiger partial charge in [-0.25, -0.2) is 9.13 Å². The molecule has 6 nitrogen and oxygen atoms in total. The molecule has 120 valence electrons. The van der Waals surface area contributed by atoms with Crippen molar-refractivity contribution in [3.63, 3.8) is 0 Å². The number of halogens is 1. The molecule has 0 aliphatic heterocycles. The predicted molar refractivity (Wildman–Crippen MR) is 84.3 cm³/mol. The zero-order valence-corrected chi connectivity index (χ0v) is 13.3. The summed E-state index contributed by atoms with van der Waals surface area (Å²) in [5.41, 5.74) is 6.73. The third kappa shape index (κ3) is 3.37. The number of rotatable bonds is 3. The highest BCUT2D eigenvalue weighted by molar-refractivity contribution is 6.04. The Morgan fingerprint density at radius 2 is 2.13 bits per heavy atom. The average molecular weight is 333 g/mol. The maximum Gasteiger partial charge on any atom is 0.266 e. The number of benzene rings is 2. The van der Waals surface area contributed by atoms with Crippen molar-refractivity contribution in [2.24, 2.45) is 7.05 Å². The number of phenolic OH excluding ortho intramolecular Hbond substituents is 1. The highest BCUT2D eigenvalue weighted by atomic mass is 35.5. The maximum absolute atomic E-state index is 12.1. The highest BCUT2D eigenvalue weighted by Crippen LogP contribution is 2.36. The van der Waals surface area contributed by atoms with Crippen molar-refractivity contribution >= 4 is 28.1 Å². The molecule has 3 rings (SSSR count). The summed E-state index contributed by atoms with van der Waals surface area (Å²) in [6.07, 6.45) is 5.46. The Hall–Kier alpha value is -2.73. The molecule has 0 unspecified atom stereocenters. The van der Waals surface area contributed by atoms with Gasteiger partial charge in [0.2, 0.25) is 6.33 Å². The van der Waals surface area contributed by atoms with Gasteiger partial charge in [0.25, 0.3) is 5.91 Å². The molecule has 0 atom stereocenters. The number of anilines is 2. The van der Waals surface area contributed by atoms with Gasteiger partial charge < -0.3 is 28.6 Å². The Morgan fingerprint density at radius 3 is 2.83 bits per heavy atom. The lowest BCUT2D eigenvalue weighted by atomic mass is 10.1. The number of nitrogens with two attached hydrogens (primary N) is 1. The van der Waals surface area contributed by atoms with E-state index in [4.69, 9.17) is 5.73 Å². The normalized spacial score (nSPS) is 10.3. The van der Waals surface area contributed by atoms with Crippen molar-refractivity contribution in [3.8, 4) is 5.75 Å². The number of imidazole rings is 1. The largest absolute Gasteiger partial charge is 1.00 e. The van der Waals surface area contributed by atoms with Crippen molar-refractivity contribution in [3.05, 3.63) is 49.1 Å². The third-order valence-electron chi connectivity index (χ3n) is 3.47. The van der Waals surface area contributed by atoms with E-state index in [1.165, 1.54) is 0 Å². The van der Waals surface area contributed by atoms with Crippen LogP contribution in [0.15, 0.2) is 49.1 Å². The van der Waals surface area contributed by atoms with Crippen molar-refractivity contribution < 1.29 is 26.9 Å². The zero-order chi connectivity index (χ0) is 15.7. The standard InChI is InChI=1S/C16H16N4O2.ClH/c1-19-7-8-20(10-19)9-14(21)18-13-6-5-11-3-2-4-12(17)15(11)16(13)22;/h2-8,10H,9,17H2,1H3,(H-,18,21,22);1H. The molecule has 0 bridgehead atoms. The summed E-state index contributed by atoms with van der Waals surface area (Å²) in [7, 11) is 1.88. The summed E-state index contributed by atoms with van der Waals surface area (Å²) in [6.45, 7) is 0.169. The number of aromatic nitrogens is 2. The minimum atomic E-state index is -0.222. The van der Waals surface area contributed by atoms with Gasteiger partial charge in [0, 0.05) is 11.1 Å². The number of phenols is 1. The van der Waals surface area contributed by atoms with E-state index in [0.717, 1.165) is 5.39 Å². The molecule has 0 fully saturated rings. The molecule has 23 heavy (non-hydrogen) atoms. The second-order valence-electron chi connectivity index (χ2n) is 5.21. The van der Waals surface area contributed by atoms with E-state index in [1.54, 1.807) is 29.2 Å². The number of carbonyl (C=O) groups is 1. The van der Waals surface area contributed by atoms with Crippen LogP contribution in [0, 0.1) is 0 Å². The predicted octanol–water partition coefficient (Wildman–Crippen LogP) is -1.60. The lowest BCUT2D eigenvalue weighted by Crippen LogP contribution is -3.00. The lowest BCUT2D eigenvalue weighted by molar-refractivity contribution is -0.671. The third-order valence-corrected chi connectivity index (χ3v) is 3.47. The number of nitrogens with zero attached hydrogens (tertiary/aromatic N) is 2. The highest BCUT2D eigenvalue weighted by Gasteiger charge is 2.13. The van der Waals surface area contributed by atoms with Crippen LogP contribution in [-0.4, -0.2) is 15.6 Å². The fourth-order valence-corrected chi connectivity index (χ4v) is 2.44. The number of nitrogens with one attached hydrogen (secondary N) is 1. The number of aromatic hydroxyl groups is 1. The first kappa shape index (κ1) is 16.6. The number of carbonyl (C=O) groups excluding carboxylic acids is 1. The van der Waals surface area contributed by atoms with E-state index in [0.29, 0.717) is 16.8 Å². The molecule has 1 aromatic heterocycles. The first-order valence-corrected chi connectivity index (χ1v) is 6.85. The first-order valence-electron chi connectivity index (χ1n) is 6.85. The average Bonchev–Trinajstić information content (AvgIpc) is 2.87. The number of fused-ring (bicyclic) bond motifs is 1. The first-order chi connectivity index (χ1) is 10.5. The van der Waals surface area contributed by atoms with Crippen LogP contribution in [0.1, 0.15) is 0 Å². The van der Waals surface area contributed by atoms with Gasteiger partial charge in [-0.1, -0.05) is 18.2 Å². The van der Waals surface area contributed by atoms with Gasteiger partial charge in [-0.05, 0) is 17.5 Å². The van der Waals surface area contributed by atoms with Crippen molar-refractivity contribution in [1.29, 1.82) is 0 Å². The van der Waals surface area contributed by atoms with Crippen LogP contribution in [-0.2, 0) is 18.4 Å². The van der Waals surface area contributed by atoms with E-state index < -0.39 is 0 Å². The lowest BCUT2D eigenvalue weighted by Gasteiger charge is -2.10. The van der Waals surface area contributed by atoms with Gasteiger partial charge in [-0.3, -0.25) is 4.79 Å². The molecule has 0 aliphatic carbocycles. The van der Waals surface area contributed by atoms with Crippen LogP contribution in [0.4, 0.5) is 11.4 Å². The maximum atomic E-state index is 12.1. The summed E-state index contributed by atoms with van der Waals surface area (Å²) >= 11 is 0. The Bertz CT molecular complexity index is 860. The van der Waals surface area contributed by atoms with Crippen LogP contribution >= 0.6 is 0 Å². The topological polar surface area (TPSA) is 84.2 Å². The van der Waals surface area contributed by atoms with Crippen molar-refractivity contribution in [2.75, 3.05) is 11.1 Å². The van der Waals surface area contributed by atoms with Crippen LogP contribution in [0.25, 0.3) is 10.8 Å². The molecular weight excluding hydrogens is 316 g/mol. The summed E-state index contributed by atoms with van der Waals surface area (Å²) in [6, 6.07) is 8.88. The van der Waals surface area contributed by atoms with E-state index in [9.17, 15) is 9.90 Å². The SMILES string of the molecule is C[n+]1ccn(CC(=O)Nc2ccc3cccc(N)c3c2O)c1.[Cl-]. The summed E-state index contributed by atoms with van der Waals surface area (Å²) in [4.78, 5) is 12.1. The number of amides is 1. The molecule has 0 radical (unpaired) electrons. The van der Waals surface area contributed by atoms with Crippen LogP contribution in [0.5, 0.6) is 5.75 Å². The molecular formula is C16H17ClN4O2. The van der Waals surface area contributed by atoms with Crippen LogP contribution in [0.2, 0.25) is 0 Å². The molecule has 0 saturated heterocycles. The smallest absolute Gasteiger partial charge is 0.266 e. The van der Waals surface area contributed by atoms with Gasteiger partial charge in [0.1, 0.15) is 18.1 Å². The molecule has 7 heteroatoms. The molecule has 0 saturated carbocycles. The van der Waals surface area contributed by atoms with E-state index >= 15 is 0 Å². The quantitative estimate of drug-likeness (QED) is 0.307. The summed E-state index contributed by atoms with van der Waals surface area (Å²) in [5, 5.41) is 14.4. The number of hydrogen-bond donors (Lipinski definition) is 3. The van der Waals surface area contributed by atoms with Gasteiger partial charge in [0.15, 0.2) is 6.54 Å². The monoisotopic (exact) mass is 332 g/mol. The molecule has 1 heterocycles. The minimum Gasteiger partial charge on any atom is -1.00 e. The Kier molecular flexibility index (Phi) is 4.76. The van der Waals surface area contributed by atoms with Gasteiger partial charge >= 0.3 is 0 Å². The minimum absolute atomic E-state index is 0. The molecule has 4 N–H and O–H groups in total. The Labute approximate surface area is 139 Å². The molecule has 1 amide bonds. The molecule has 3 aromatic rings. The van der Waals surface area contributed by atoms with Crippen molar-refractivity contribution in [1.82, 2.24) is 4.57 Å². The van der Waals surface area contributed by atoms with Crippen LogP contribution in [0.3, 0.4) is 0 Å². The van der Waals surface area contributed by atoms with E-state index in [2.05, 4.69) is 5.32 Å². The second-order valence-corrected chi connectivity index (χ2v) is 5.21. The summed E-state index contributed by atoms with van der Waals surface area (Å²) in [5.74, 6) is -0.234. The second kappa shape index (κ2) is 6.58. The van der Waals surface area contributed by atoms with E-state index in [-0.39, 0.29) is 30.6 Å². The molecule has 0 spiro atoms. The summed E-state index contributed by atoms with van der Waals surface area (Å²) < 4.78 is 3.60. The Morgan fingerprint density at radius 1 is 1.35 bits per heavy atom. The Balaban J connectivity index is 0.00000192. The molecule has 0 aliphatic rings. The van der Waals surface area contributed by atoms with Gasteiger partial charge in [-0.15, -0.1) is 0 Å². The fourth-order valence-electron chi connectivity index (χ4n) is 2.44. The zero-order valence-electron chi connectivity index (χ0n) is 12.5.